The van der Waals surface area contributed by atoms with Crippen LogP contribution in [-0.2, 0) is 0 Å². The van der Waals surface area contributed by atoms with Crippen molar-refractivity contribution in [1.82, 2.24) is 5.32 Å². The lowest BCUT2D eigenvalue weighted by Gasteiger charge is -2.33. The third-order valence-corrected chi connectivity index (χ3v) is 6.15. The fourth-order valence-corrected chi connectivity index (χ4v) is 4.33. The number of hydrogen-bond acceptors (Lipinski definition) is 3. The zero-order valence-corrected chi connectivity index (χ0v) is 16.9. The number of nitrogens with one attached hydrogen (secondary N) is 2. The van der Waals surface area contributed by atoms with Crippen LogP contribution in [0.4, 0.5) is 28.9 Å². The summed E-state index contributed by atoms with van der Waals surface area (Å²) in [7, 11) is 1.80. The Morgan fingerprint density at radius 1 is 1.07 bits per heavy atom. The van der Waals surface area contributed by atoms with E-state index in [2.05, 4.69) is 10.6 Å². The van der Waals surface area contributed by atoms with E-state index in [-0.39, 0.29) is 24.8 Å². The molecule has 0 spiro atoms. The van der Waals surface area contributed by atoms with Gasteiger partial charge in [-0.05, 0) is 63.1 Å². The van der Waals surface area contributed by atoms with Crippen LogP contribution in [-0.4, -0.2) is 44.4 Å². The maximum Gasteiger partial charge on any atom is 0.391 e. The number of carbonyl (C=O) groups excluding carboxylic acids is 1. The minimum atomic E-state index is -4.16. The molecular formula is C21H29F4N3O. The Kier molecular flexibility index (Phi) is 6.58. The van der Waals surface area contributed by atoms with Crippen LogP contribution in [0, 0.1) is 12.8 Å². The summed E-state index contributed by atoms with van der Waals surface area (Å²) < 4.78 is 52.2. The maximum atomic E-state index is 13.6. The summed E-state index contributed by atoms with van der Waals surface area (Å²) in [4.78, 5) is 15.0. The first-order chi connectivity index (χ1) is 13.7. The first-order valence-corrected chi connectivity index (χ1v) is 10.3. The van der Waals surface area contributed by atoms with Crippen LogP contribution in [0.5, 0.6) is 0 Å². The number of nitrogens with zero attached hydrogens (tertiary/aromatic N) is 1. The monoisotopic (exact) mass is 415 g/mol. The molecule has 162 valence electrons. The van der Waals surface area contributed by atoms with Gasteiger partial charge in [-0.2, -0.15) is 13.2 Å². The fraction of sp³-hybridized carbons (Fsp3) is 0.667. The van der Waals surface area contributed by atoms with E-state index in [0.717, 1.165) is 16.9 Å². The van der Waals surface area contributed by atoms with Crippen LogP contribution < -0.4 is 15.5 Å². The van der Waals surface area contributed by atoms with Gasteiger partial charge in [-0.3, -0.25) is 4.79 Å². The molecule has 0 bridgehead atoms. The summed E-state index contributed by atoms with van der Waals surface area (Å²) in [6.07, 6.45) is -3.40. The molecule has 29 heavy (non-hydrogen) atoms. The third-order valence-electron chi connectivity index (χ3n) is 6.15. The van der Waals surface area contributed by atoms with Crippen LogP contribution >= 0.6 is 0 Å². The molecule has 1 aromatic rings. The minimum Gasteiger partial charge on any atom is -0.388 e. The van der Waals surface area contributed by atoms with Crippen molar-refractivity contribution in [2.45, 2.75) is 63.8 Å². The van der Waals surface area contributed by atoms with Crippen LogP contribution in [0.15, 0.2) is 12.1 Å². The molecule has 1 aliphatic carbocycles. The number of alkyl halides is 4. The standard InChI is InChI=1S/C21H29F4N3O/c1-13-11-17(19(12-18(13)26-2)28-9-7-15(22)8-10-28)20(29)27-16-5-3-14(4-6-16)21(23,24)25/h11-12,14-16,26H,3-10H2,1-2H3,(H,27,29). The summed E-state index contributed by atoms with van der Waals surface area (Å²) in [5.74, 6) is -1.55. The van der Waals surface area contributed by atoms with Gasteiger partial charge in [0, 0.05) is 31.9 Å². The summed E-state index contributed by atoms with van der Waals surface area (Å²) in [5, 5.41) is 6.04. The molecule has 1 heterocycles. The molecule has 2 aliphatic rings. The third kappa shape index (κ3) is 5.14. The van der Waals surface area contributed by atoms with E-state index in [1.165, 1.54) is 0 Å². The minimum absolute atomic E-state index is 0.0447. The van der Waals surface area contributed by atoms with Crippen LogP contribution in [0.3, 0.4) is 0 Å². The number of anilines is 2. The second-order valence-corrected chi connectivity index (χ2v) is 8.16. The molecule has 0 aromatic heterocycles. The van der Waals surface area contributed by atoms with E-state index < -0.39 is 18.3 Å². The van der Waals surface area contributed by atoms with Crippen molar-refractivity contribution >= 4 is 17.3 Å². The smallest absolute Gasteiger partial charge is 0.388 e. The Labute approximate surface area is 169 Å². The number of benzene rings is 1. The number of amides is 1. The Hall–Kier alpha value is -1.99. The van der Waals surface area contributed by atoms with Crippen molar-refractivity contribution in [3.63, 3.8) is 0 Å². The van der Waals surface area contributed by atoms with Gasteiger partial charge in [0.1, 0.15) is 6.17 Å². The van der Waals surface area contributed by atoms with E-state index in [4.69, 9.17) is 0 Å². The number of rotatable bonds is 4. The van der Waals surface area contributed by atoms with Crippen molar-refractivity contribution in [3.05, 3.63) is 23.3 Å². The number of hydrogen-bond donors (Lipinski definition) is 2. The van der Waals surface area contributed by atoms with Crippen molar-refractivity contribution in [1.29, 1.82) is 0 Å². The molecule has 1 amide bonds. The zero-order chi connectivity index (χ0) is 21.2. The topological polar surface area (TPSA) is 44.4 Å². The molecule has 1 aliphatic heterocycles. The second-order valence-electron chi connectivity index (χ2n) is 8.16. The van der Waals surface area contributed by atoms with Gasteiger partial charge in [0.2, 0.25) is 0 Å². The Bertz CT molecular complexity index is 721. The molecule has 1 saturated carbocycles. The molecule has 0 atom stereocenters. The van der Waals surface area contributed by atoms with Crippen LogP contribution in [0.2, 0.25) is 0 Å². The number of halogens is 4. The van der Waals surface area contributed by atoms with Gasteiger partial charge in [0.05, 0.1) is 17.2 Å². The van der Waals surface area contributed by atoms with Gasteiger partial charge in [0.15, 0.2) is 0 Å². The highest BCUT2D eigenvalue weighted by Crippen LogP contribution is 2.38. The molecular weight excluding hydrogens is 386 g/mol. The van der Waals surface area contributed by atoms with E-state index in [1.807, 2.05) is 17.9 Å². The molecule has 1 aromatic carbocycles. The molecule has 3 rings (SSSR count). The lowest BCUT2D eigenvalue weighted by molar-refractivity contribution is -0.182. The van der Waals surface area contributed by atoms with E-state index in [9.17, 15) is 22.4 Å². The zero-order valence-electron chi connectivity index (χ0n) is 16.9. The second kappa shape index (κ2) is 8.79. The van der Waals surface area contributed by atoms with Gasteiger partial charge in [-0.15, -0.1) is 0 Å². The predicted molar refractivity (Wildman–Crippen MR) is 106 cm³/mol. The normalized spacial score (nSPS) is 23.7. The quantitative estimate of drug-likeness (QED) is 0.693. The highest BCUT2D eigenvalue weighted by atomic mass is 19.4. The van der Waals surface area contributed by atoms with Crippen LogP contribution in [0.1, 0.15) is 54.4 Å². The average Bonchev–Trinajstić information content (AvgIpc) is 2.68. The lowest BCUT2D eigenvalue weighted by Crippen LogP contribution is -2.41. The first-order valence-electron chi connectivity index (χ1n) is 10.3. The van der Waals surface area contributed by atoms with Crippen molar-refractivity contribution in [3.8, 4) is 0 Å². The van der Waals surface area contributed by atoms with Gasteiger partial charge in [-0.25, -0.2) is 4.39 Å². The molecule has 8 heteroatoms. The summed E-state index contributed by atoms with van der Waals surface area (Å²) in [6.45, 7) is 2.96. The van der Waals surface area contributed by atoms with Gasteiger partial charge in [-0.1, -0.05) is 0 Å². The Balaban J connectivity index is 1.75. The van der Waals surface area contributed by atoms with Gasteiger partial charge >= 0.3 is 6.18 Å². The highest BCUT2D eigenvalue weighted by Gasteiger charge is 2.41. The molecule has 0 unspecified atom stereocenters. The van der Waals surface area contributed by atoms with Gasteiger partial charge < -0.3 is 15.5 Å². The van der Waals surface area contributed by atoms with E-state index in [0.29, 0.717) is 44.3 Å². The summed E-state index contributed by atoms with van der Waals surface area (Å²) in [5.41, 5.74) is 3.04. The van der Waals surface area contributed by atoms with Crippen molar-refractivity contribution < 1.29 is 22.4 Å². The number of aryl methyl sites for hydroxylation is 1. The van der Waals surface area contributed by atoms with Crippen molar-refractivity contribution in [2.75, 3.05) is 30.4 Å². The molecule has 2 N–H and O–H groups in total. The lowest BCUT2D eigenvalue weighted by atomic mass is 9.85. The van der Waals surface area contributed by atoms with Gasteiger partial charge in [0.25, 0.3) is 5.91 Å². The fourth-order valence-electron chi connectivity index (χ4n) is 4.33. The van der Waals surface area contributed by atoms with Crippen molar-refractivity contribution in [2.24, 2.45) is 5.92 Å². The average molecular weight is 415 g/mol. The highest BCUT2D eigenvalue weighted by molar-refractivity contribution is 6.01. The predicted octanol–water partition coefficient (Wildman–Crippen LogP) is 4.83. The Morgan fingerprint density at radius 2 is 1.69 bits per heavy atom. The van der Waals surface area contributed by atoms with E-state index in [1.54, 1.807) is 13.1 Å². The molecule has 4 nitrogen and oxygen atoms in total. The summed E-state index contributed by atoms with van der Waals surface area (Å²) >= 11 is 0. The Morgan fingerprint density at radius 3 is 2.24 bits per heavy atom. The summed E-state index contributed by atoms with van der Waals surface area (Å²) in [6, 6.07) is 3.46. The molecule has 2 fully saturated rings. The SMILES string of the molecule is CNc1cc(N2CCC(F)CC2)c(C(=O)NC2CCC(C(F)(F)F)CC2)cc1C. The number of piperidine rings is 1. The number of carbonyl (C=O) groups is 1. The largest absolute Gasteiger partial charge is 0.391 e. The molecule has 0 radical (unpaired) electrons. The van der Waals surface area contributed by atoms with Crippen LogP contribution in [0.25, 0.3) is 0 Å². The maximum absolute atomic E-state index is 13.6. The molecule has 1 saturated heterocycles. The first kappa shape index (κ1) is 21.7. The van der Waals surface area contributed by atoms with E-state index >= 15 is 0 Å².